The number of hydrogen-bond donors (Lipinski definition) is 1. The average molecular weight is 276 g/mol. The molecule has 0 atom stereocenters. The molecular formula is C11H20N2O2S2. The Morgan fingerprint density at radius 3 is 2.53 bits per heavy atom. The standard InChI is InChI=1S/C11H20N2O2S2/c1-4-5-9-10(6-12)16-11(13-9)7-17(14,15)8(2)3/h8H,4-7,12H2,1-3H3. The number of rotatable bonds is 6. The number of nitrogens with zero attached hydrogens (tertiary/aromatic N) is 1. The minimum absolute atomic E-state index is 0.0338. The lowest BCUT2D eigenvalue weighted by Crippen LogP contribution is -2.15. The maximum Gasteiger partial charge on any atom is 0.159 e. The number of nitrogens with two attached hydrogens (primary N) is 1. The zero-order valence-electron chi connectivity index (χ0n) is 10.6. The molecule has 0 saturated heterocycles. The molecule has 0 aliphatic carbocycles. The third-order valence-electron chi connectivity index (χ3n) is 2.54. The summed E-state index contributed by atoms with van der Waals surface area (Å²) in [6.45, 7) is 5.90. The molecule has 0 spiro atoms. The number of aryl methyl sites for hydroxylation is 1. The first-order valence-corrected chi connectivity index (χ1v) is 8.33. The first-order chi connectivity index (χ1) is 7.90. The van der Waals surface area contributed by atoms with Crippen LogP contribution < -0.4 is 5.73 Å². The van der Waals surface area contributed by atoms with E-state index in [2.05, 4.69) is 11.9 Å². The van der Waals surface area contributed by atoms with Crippen molar-refractivity contribution in [1.82, 2.24) is 4.98 Å². The summed E-state index contributed by atoms with van der Waals surface area (Å²) in [6.07, 6.45) is 1.86. The Morgan fingerprint density at radius 1 is 1.41 bits per heavy atom. The predicted molar refractivity (Wildman–Crippen MR) is 71.8 cm³/mol. The third-order valence-corrected chi connectivity index (χ3v) is 5.95. The van der Waals surface area contributed by atoms with Crippen LogP contribution in [-0.4, -0.2) is 18.7 Å². The molecule has 0 fully saturated rings. The molecular weight excluding hydrogens is 256 g/mol. The number of hydrogen-bond acceptors (Lipinski definition) is 5. The third kappa shape index (κ3) is 3.76. The molecule has 4 nitrogen and oxygen atoms in total. The van der Waals surface area contributed by atoms with Crippen LogP contribution in [0.25, 0.3) is 0 Å². The van der Waals surface area contributed by atoms with E-state index in [0.29, 0.717) is 11.6 Å². The van der Waals surface area contributed by atoms with Crippen molar-refractivity contribution in [2.45, 2.75) is 51.2 Å². The summed E-state index contributed by atoms with van der Waals surface area (Å²) in [4.78, 5) is 5.41. The van der Waals surface area contributed by atoms with Gasteiger partial charge >= 0.3 is 0 Å². The molecule has 0 saturated carbocycles. The lowest BCUT2D eigenvalue weighted by Gasteiger charge is -2.04. The van der Waals surface area contributed by atoms with Crippen LogP contribution >= 0.6 is 11.3 Å². The Hall–Kier alpha value is -0.460. The van der Waals surface area contributed by atoms with E-state index in [4.69, 9.17) is 5.73 Å². The lowest BCUT2D eigenvalue weighted by atomic mass is 10.2. The van der Waals surface area contributed by atoms with Gasteiger partial charge in [-0.25, -0.2) is 13.4 Å². The molecule has 0 aliphatic rings. The minimum atomic E-state index is -3.07. The predicted octanol–water partition coefficient (Wildman–Crippen LogP) is 1.88. The summed E-state index contributed by atoms with van der Waals surface area (Å²) in [6, 6.07) is 0. The van der Waals surface area contributed by atoms with Gasteiger partial charge in [0, 0.05) is 11.4 Å². The first kappa shape index (κ1) is 14.6. The van der Waals surface area contributed by atoms with Gasteiger partial charge in [-0.3, -0.25) is 0 Å². The molecule has 0 amide bonds. The monoisotopic (exact) mass is 276 g/mol. The van der Waals surface area contributed by atoms with Crippen LogP contribution in [0.5, 0.6) is 0 Å². The molecule has 1 heterocycles. The van der Waals surface area contributed by atoms with E-state index in [1.54, 1.807) is 13.8 Å². The van der Waals surface area contributed by atoms with Gasteiger partial charge in [0.05, 0.1) is 10.9 Å². The fraction of sp³-hybridized carbons (Fsp3) is 0.727. The van der Waals surface area contributed by atoms with Gasteiger partial charge in [0.1, 0.15) is 10.8 Å². The second kappa shape index (κ2) is 5.93. The minimum Gasteiger partial charge on any atom is -0.326 e. The number of sulfone groups is 1. The van der Waals surface area contributed by atoms with Crippen molar-refractivity contribution in [2.24, 2.45) is 5.73 Å². The summed E-state index contributed by atoms with van der Waals surface area (Å²) in [5.74, 6) is 0.0338. The summed E-state index contributed by atoms with van der Waals surface area (Å²) >= 11 is 1.43. The number of thiazole rings is 1. The fourth-order valence-electron chi connectivity index (χ4n) is 1.43. The van der Waals surface area contributed by atoms with E-state index in [1.165, 1.54) is 11.3 Å². The highest BCUT2D eigenvalue weighted by Gasteiger charge is 2.20. The van der Waals surface area contributed by atoms with Crippen LogP contribution in [-0.2, 0) is 28.6 Å². The molecule has 1 aromatic rings. The van der Waals surface area contributed by atoms with E-state index in [1.807, 2.05) is 0 Å². The highest BCUT2D eigenvalue weighted by Crippen LogP contribution is 2.22. The molecule has 0 unspecified atom stereocenters. The van der Waals surface area contributed by atoms with Crippen molar-refractivity contribution in [1.29, 1.82) is 0 Å². The molecule has 0 aliphatic heterocycles. The summed E-state index contributed by atoms with van der Waals surface area (Å²) in [5.41, 5.74) is 6.61. The number of aromatic nitrogens is 1. The van der Waals surface area contributed by atoms with E-state index in [-0.39, 0.29) is 11.0 Å². The Bertz CT molecular complexity index is 464. The van der Waals surface area contributed by atoms with Gasteiger partial charge in [0.2, 0.25) is 0 Å². The van der Waals surface area contributed by atoms with E-state index < -0.39 is 9.84 Å². The van der Waals surface area contributed by atoms with Crippen LogP contribution in [0.1, 0.15) is 42.8 Å². The van der Waals surface area contributed by atoms with Crippen molar-refractivity contribution in [3.05, 3.63) is 15.6 Å². The molecule has 0 aromatic carbocycles. The molecule has 98 valence electrons. The van der Waals surface area contributed by atoms with Crippen molar-refractivity contribution >= 4 is 21.2 Å². The van der Waals surface area contributed by atoms with Gasteiger partial charge in [-0.05, 0) is 20.3 Å². The second-order valence-electron chi connectivity index (χ2n) is 4.29. The topological polar surface area (TPSA) is 73.0 Å². The van der Waals surface area contributed by atoms with Crippen LogP contribution in [0.3, 0.4) is 0 Å². The first-order valence-electron chi connectivity index (χ1n) is 5.79. The van der Waals surface area contributed by atoms with Gasteiger partial charge in [0.25, 0.3) is 0 Å². The van der Waals surface area contributed by atoms with Gasteiger partial charge in [-0.2, -0.15) is 0 Å². The van der Waals surface area contributed by atoms with Crippen LogP contribution in [0, 0.1) is 0 Å². The molecule has 0 bridgehead atoms. The Balaban J connectivity index is 2.93. The van der Waals surface area contributed by atoms with Crippen LogP contribution in [0.2, 0.25) is 0 Å². The fourth-order valence-corrected chi connectivity index (χ4v) is 3.69. The van der Waals surface area contributed by atoms with Crippen LogP contribution in [0.15, 0.2) is 0 Å². The van der Waals surface area contributed by atoms with E-state index in [9.17, 15) is 8.42 Å². The summed E-state index contributed by atoms with van der Waals surface area (Å²) in [5, 5.41) is 0.310. The van der Waals surface area contributed by atoms with Crippen molar-refractivity contribution in [3.8, 4) is 0 Å². The normalized spacial score (nSPS) is 12.3. The summed E-state index contributed by atoms with van der Waals surface area (Å²) in [7, 11) is -3.07. The smallest absolute Gasteiger partial charge is 0.159 e. The average Bonchev–Trinajstić information content (AvgIpc) is 2.60. The Morgan fingerprint density at radius 2 is 2.06 bits per heavy atom. The maximum atomic E-state index is 11.8. The zero-order chi connectivity index (χ0) is 13.1. The highest BCUT2D eigenvalue weighted by molar-refractivity contribution is 7.91. The van der Waals surface area contributed by atoms with Gasteiger partial charge in [-0.1, -0.05) is 13.3 Å². The molecule has 2 N–H and O–H groups in total. The molecule has 6 heteroatoms. The molecule has 0 radical (unpaired) electrons. The molecule has 1 aromatic heterocycles. The highest BCUT2D eigenvalue weighted by atomic mass is 32.2. The molecule has 1 rings (SSSR count). The van der Waals surface area contributed by atoms with Crippen molar-refractivity contribution < 1.29 is 8.42 Å². The largest absolute Gasteiger partial charge is 0.326 e. The van der Waals surface area contributed by atoms with E-state index in [0.717, 1.165) is 23.4 Å². The van der Waals surface area contributed by atoms with Crippen molar-refractivity contribution in [3.63, 3.8) is 0 Å². The quantitative estimate of drug-likeness (QED) is 0.861. The van der Waals surface area contributed by atoms with E-state index >= 15 is 0 Å². The summed E-state index contributed by atoms with van der Waals surface area (Å²) < 4.78 is 23.6. The molecule has 17 heavy (non-hydrogen) atoms. The van der Waals surface area contributed by atoms with Crippen LogP contribution in [0.4, 0.5) is 0 Å². The van der Waals surface area contributed by atoms with Crippen molar-refractivity contribution in [2.75, 3.05) is 0 Å². The van der Waals surface area contributed by atoms with Gasteiger partial charge < -0.3 is 5.73 Å². The van der Waals surface area contributed by atoms with Gasteiger partial charge in [0.15, 0.2) is 9.84 Å². The Labute approximate surface area is 107 Å². The SMILES string of the molecule is CCCc1nc(CS(=O)(=O)C(C)C)sc1CN. The second-order valence-corrected chi connectivity index (χ2v) is 8.01. The van der Waals surface area contributed by atoms with Gasteiger partial charge in [-0.15, -0.1) is 11.3 Å². The lowest BCUT2D eigenvalue weighted by molar-refractivity contribution is 0.586. The zero-order valence-corrected chi connectivity index (χ0v) is 12.2. The maximum absolute atomic E-state index is 11.8. The Kier molecular flexibility index (Phi) is 5.09.